The Hall–Kier alpha value is -2.33. The predicted octanol–water partition coefficient (Wildman–Crippen LogP) is 5.57. The molecule has 0 atom stereocenters. The molecule has 4 nitrogen and oxygen atoms in total. The Labute approximate surface area is 171 Å². The third-order valence-electron chi connectivity index (χ3n) is 4.60. The van der Waals surface area contributed by atoms with Crippen LogP contribution in [0.3, 0.4) is 0 Å². The Balaban J connectivity index is 1.78. The van der Waals surface area contributed by atoms with Crippen LogP contribution in [0.1, 0.15) is 48.2 Å². The third-order valence-corrected chi connectivity index (χ3v) is 4.85. The first kappa shape index (κ1) is 22.0. The number of esters is 1. The van der Waals surface area contributed by atoms with Crippen LogP contribution in [0.2, 0.25) is 5.02 Å². The number of hydrogen-bond donors (Lipinski definition) is 0. The lowest BCUT2D eigenvalue weighted by molar-refractivity contribution is -0.153. The van der Waals surface area contributed by atoms with Crippen LogP contribution in [-0.4, -0.2) is 25.0 Å². The number of ketones is 1. The Morgan fingerprint density at radius 2 is 1.71 bits per heavy atom. The molecule has 0 bridgehead atoms. The summed E-state index contributed by atoms with van der Waals surface area (Å²) in [7, 11) is 0. The highest BCUT2D eigenvalue weighted by atomic mass is 35.5. The van der Waals surface area contributed by atoms with Crippen LogP contribution in [0.25, 0.3) is 0 Å². The van der Waals surface area contributed by atoms with Crippen LogP contribution < -0.4 is 4.74 Å². The van der Waals surface area contributed by atoms with Crippen molar-refractivity contribution >= 4 is 23.4 Å². The third kappa shape index (κ3) is 6.38. The fraction of sp³-hybridized carbons (Fsp3) is 0.391. The van der Waals surface area contributed by atoms with Crippen LogP contribution in [-0.2, 0) is 9.53 Å². The number of carbonyl (C=O) groups is 2. The molecule has 2 aromatic carbocycles. The Kier molecular flexibility index (Phi) is 7.64. The molecule has 0 radical (unpaired) electrons. The van der Waals surface area contributed by atoms with Gasteiger partial charge >= 0.3 is 5.97 Å². The molecule has 0 aromatic heterocycles. The van der Waals surface area contributed by atoms with Gasteiger partial charge in [-0.05, 0) is 82.0 Å². The molecule has 0 aliphatic rings. The molecule has 0 fully saturated rings. The molecule has 0 saturated heterocycles. The number of benzene rings is 2. The molecule has 0 unspecified atom stereocenters. The van der Waals surface area contributed by atoms with Gasteiger partial charge in [-0.25, -0.2) is 0 Å². The molecule has 2 rings (SSSR count). The summed E-state index contributed by atoms with van der Waals surface area (Å²) in [6, 6.07) is 12.6. The quantitative estimate of drug-likeness (QED) is 0.312. The highest BCUT2D eigenvalue weighted by molar-refractivity contribution is 6.30. The summed E-state index contributed by atoms with van der Waals surface area (Å²) in [6.45, 7) is 7.91. The van der Waals surface area contributed by atoms with Gasteiger partial charge in [-0.3, -0.25) is 9.59 Å². The lowest BCUT2D eigenvalue weighted by Gasteiger charge is -2.22. The molecule has 0 saturated carbocycles. The van der Waals surface area contributed by atoms with Crippen LogP contribution >= 0.6 is 11.6 Å². The SMILES string of the molecule is Cc1ccc(C)c(OCCCC(C)(C)C(=O)OCC(=O)c2ccc(Cl)cc2)c1. The smallest absolute Gasteiger partial charge is 0.311 e. The minimum atomic E-state index is -0.689. The zero-order valence-corrected chi connectivity index (χ0v) is 17.6. The standard InChI is InChI=1S/C23H27ClO4/c1-16-6-7-17(2)21(14-16)27-13-5-12-23(3,4)22(26)28-15-20(25)18-8-10-19(24)11-9-18/h6-11,14H,5,12-13,15H2,1-4H3. The molecule has 0 N–H and O–H groups in total. The van der Waals surface area contributed by atoms with Crippen molar-refractivity contribution in [3.05, 3.63) is 64.2 Å². The van der Waals surface area contributed by atoms with E-state index in [4.69, 9.17) is 21.1 Å². The van der Waals surface area contributed by atoms with Crippen molar-refractivity contribution in [2.24, 2.45) is 5.41 Å². The molecule has 0 heterocycles. The van der Waals surface area contributed by atoms with Gasteiger partial charge in [-0.2, -0.15) is 0 Å². The second kappa shape index (κ2) is 9.74. The first-order valence-electron chi connectivity index (χ1n) is 9.35. The zero-order valence-electron chi connectivity index (χ0n) is 16.9. The van der Waals surface area contributed by atoms with Crippen molar-refractivity contribution in [2.75, 3.05) is 13.2 Å². The van der Waals surface area contributed by atoms with Crippen molar-refractivity contribution in [1.29, 1.82) is 0 Å². The summed E-state index contributed by atoms with van der Waals surface area (Å²) in [5.74, 6) is 0.231. The first-order valence-corrected chi connectivity index (χ1v) is 9.73. The van der Waals surface area contributed by atoms with Gasteiger partial charge in [0.05, 0.1) is 12.0 Å². The molecule has 0 aliphatic carbocycles. The van der Waals surface area contributed by atoms with E-state index in [-0.39, 0.29) is 18.4 Å². The Morgan fingerprint density at radius 1 is 1.04 bits per heavy atom. The summed E-state index contributed by atoms with van der Waals surface area (Å²) < 4.78 is 11.1. The summed E-state index contributed by atoms with van der Waals surface area (Å²) in [5, 5.41) is 0.553. The summed E-state index contributed by atoms with van der Waals surface area (Å²) >= 11 is 5.81. The largest absolute Gasteiger partial charge is 0.493 e. The fourth-order valence-corrected chi connectivity index (χ4v) is 2.83. The first-order chi connectivity index (χ1) is 13.2. The second-order valence-corrected chi connectivity index (χ2v) is 8.05. The monoisotopic (exact) mass is 402 g/mol. The van der Waals surface area contributed by atoms with Gasteiger partial charge in [-0.1, -0.05) is 23.7 Å². The van der Waals surface area contributed by atoms with E-state index in [9.17, 15) is 9.59 Å². The summed E-state index contributed by atoms with van der Waals surface area (Å²) in [5.41, 5.74) is 2.02. The number of aryl methyl sites for hydroxylation is 2. The van der Waals surface area contributed by atoms with E-state index in [1.807, 2.05) is 45.9 Å². The number of halogens is 1. The average Bonchev–Trinajstić information content (AvgIpc) is 2.66. The van der Waals surface area contributed by atoms with Gasteiger partial charge in [-0.15, -0.1) is 0 Å². The zero-order chi connectivity index (χ0) is 20.7. The fourth-order valence-electron chi connectivity index (χ4n) is 2.71. The van der Waals surface area contributed by atoms with E-state index in [0.717, 1.165) is 16.9 Å². The number of carbonyl (C=O) groups excluding carboxylic acids is 2. The minimum Gasteiger partial charge on any atom is -0.493 e. The van der Waals surface area contributed by atoms with Gasteiger partial charge in [0.25, 0.3) is 0 Å². The lowest BCUT2D eigenvalue weighted by Crippen LogP contribution is -2.29. The minimum absolute atomic E-state index is 0.251. The molecule has 5 heteroatoms. The topological polar surface area (TPSA) is 52.6 Å². The normalized spacial score (nSPS) is 11.2. The maximum Gasteiger partial charge on any atom is 0.311 e. The predicted molar refractivity (Wildman–Crippen MR) is 111 cm³/mol. The van der Waals surface area contributed by atoms with Crippen LogP contribution in [0.5, 0.6) is 5.75 Å². The number of hydrogen-bond acceptors (Lipinski definition) is 4. The van der Waals surface area contributed by atoms with E-state index in [1.54, 1.807) is 24.3 Å². The highest BCUT2D eigenvalue weighted by Crippen LogP contribution is 2.25. The Morgan fingerprint density at radius 3 is 2.39 bits per heavy atom. The number of rotatable bonds is 9. The van der Waals surface area contributed by atoms with Crippen LogP contribution in [0.4, 0.5) is 0 Å². The van der Waals surface area contributed by atoms with Gasteiger partial charge in [0.2, 0.25) is 0 Å². The van der Waals surface area contributed by atoms with Crippen LogP contribution in [0, 0.1) is 19.3 Å². The molecule has 0 aliphatic heterocycles. The molecule has 28 heavy (non-hydrogen) atoms. The molecular weight excluding hydrogens is 376 g/mol. The number of ether oxygens (including phenoxy) is 2. The van der Waals surface area contributed by atoms with Gasteiger partial charge in [0, 0.05) is 10.6 Å². The summed E-state index contributed by atoms with van der Waals surface area (Å²) in [4.78, 5) is 24.5. The van der Waals surface area contributed by atoms with Crippen molar-refractivity contribution in [1.82, 2.24) is 0 Å². The summed E-state index contributed by atoms with van der Waals surface area (Å²) in [6.07, 6.45) is 1.31. The molecule has 0 spiro atoms. The average molecular weight is 403 g/mol. The molecular formula is C23H27ClO4. The van der Waals surface area contributed by atoms with Crippen LogP contribution in [0.15, 0.2) is 42.5 Å². The van der Waals surface area contributed by atoms with E-state index in [0.29, 0.717) is 30.0 Å². The van der Waals surface area contributed by atoms with Crippen molar-refractivity contribution in [3.8, 4) is 5.75 Å². The maximum absolute atomic E-state index is 12.4. The van der Waals surface area contributed by atoms with Gasteiger partial charge in [0.15, 0.2) is 12.4 Å². The van der Waals surface area contributed by atoms with Crippen molar-refractivity contribution in [2.45, 2.75) is 40.5 Å². The van der Waals surface area contributed by atoms with Gasteiger partial charge < -0.3 is 9.47 Å². The maximum atomic E-state index is 12.4. The molecule has 150 valence electrons. The highest BCUT2D eigenvalue weighted by Gasteiger charge is 2.29. The van der Waals surface area contributed by atoms with E-state index in [1.165, 1.54) is 0 Å². The van der Waals surface area contributed by atoms with E-state index in [2.05, 4.69) is 0 Å². The second-order valence-electron chi connectivity index (χ2n) is 7.61. The lowest BCUT2D eigenvalue weighted by atomic mass is 9.88. The van der Waals surface area contributed by atoms with E-state index >= 15 is 0 Å². The number of Topliss-reactive ketones (excluding diaryl/α,β-unsaturated/α-hetero) is 1. The van der Waals surface area contributed by atoms with Crippen molar-refractivity contribution in [3.63, 3.8) is 0 Å². The Bertz CT molecular complexity index is 825. The van der Waals surface area contributed by atoms with Crippen molar-refractivity contribution < 1.29 is 19.1 Å². The molecule has 2 aromatic rings. The van der Waals surface area contributed by atoms with E-state index < -0.39 is 5.41 Å². The molecule has 0 amide bonds. The van der Waals surface area contributed by atoms with Gasteiger partial charge in [0.1, 0.15) is 5.75 Å².